The molecule has 0 bridgehead atoms. The van der Waals surface area contributed by atoms with Gasteiger partial charge in [-0.3, -0.25) is 0 Å². The zero-order valence-electron chi connectivity index (χ0n) is 10.7. The lowest BCUT2D eigenvalue weighted by Gasteiger charge is -2.40. The number of hydrogen-bond acceptors (Lipinski definition) is 3. The number of anilines is 1. The van der Waals surface area contributed by atoms with Crippen molar-refractivity contribution in [3.8, 4) is 0 Å². The molecule has 1 fully saturated rings. The van der Waals surface area contributed by atoms with E-state index in [0.717, 1.165) is 35.8 Å². The molecule has 100 valence electrons. The molecular weight excluding hydrogens is 294 g/mol. The molecule has 0 saturated heterocycles. The zero-order chi connectivity index (χ0) is 13.0. The lowest BCUT2D eigenvalue weighted by atomic mass is 9.80. The fourth-order valence-electron chi connectivity index (χ4n) is 2.65. The maximum atomic E-state index is 9.77. The van der Waals surface area contributed by atoms with Crippen LogP contribution in [0.15, 0.2) is 28.7 Å². The van der Waals surface area contributed by atoms with Crippen molar-refractivity contribution in [2.24, 2.45) is 0 Å². The van der Waals surface area contributed by atoms with Gasteiger partial charge >= 0.3 is 0 Å². The Bertz CT molecular complexity index is 399. The Hall–Kier alpha value is -0.580. The van der Waals surface area contributed by atoms with Crippen molar-refractivity contribution in [2.45, 2.75) is 37.3 Å². The first-order valence-electron chi connectivity index (χ1n) is 6.35. The molecule has 0 aromatic heterocycles. The van der Waals surface area contributed by atoms with E-state index >= 15 is 0 Å². The summed E-state index contributed by atoms with van der Waals surface area (Å²) in [5.74, 6) is 0. The van der Waals surface area contributed by atoms with E-state index in [2.05, 4.69) is 21.2 Å². The molecule has 2 rings (SSSR count). The van der Waals surface area contributed by atoms with Crippen molar-refractivity contribution in [3.63, 3.8) is 0 Å². The van der Waals surface area contributed by atoms with Gasteiger partial charge in [0, 0.05) is 17.3 Å². The third kappa shape index (κ3) is 3.05. The van der Waals surface area contributed by atoms with Gasteiger partial charge < -0.3 is 15.2 Å². The predicted molar refractivity (Wildman–Crippen MR) is 76.8 cm³/mol. The molecule has 0 spiro atoms. The smallest absolute Gasteiger partial charge is 0.0662 e. The Morgan fingerprint density at radius 3 is 2.94 bits per heavy atom. The van der Waals surface area contributed by atoms with Gasteiger partial charge in [0.05, 0.1) is 18.2 Å². The molecule has 0 heterocycles. The summed E-state index contributed by atoms with van der Waals surface area (Å²) in [6.45, 7) is 0.133. The Balaban J connectivity index is 2.15. The molecule has 2 atom stereocenters. The van der Waals surface area contributed by atoms with E-state index in [1.54, 1.807) is 7.11 Å². The van der Waals surface area contributed by atoms with Gasteiger partial charge in [-0.05, 0) is 53.7 Å². The Morgan fingerprint density at radius 2 is 2.28 bits per heavy atom. The highest BCUT2D eigenvalue weighted by Gasteiger charge is 2.36. The third-order valence-electron chi connectivity index (χ3n) is 3.71. The third-order valence-corrected chi connectivity index (χ3v) is 4.40. The van der Waals surface area contributed by atoms with Crippen molar-refractivity contribution in [1.82, 2.24) is 0 Å². The summed E-state index contributed by atoms with van der Waals surface area (Å²) in [7, 11) is 1.75. The number of aliphatic hydroxyl groups excluding tert-OH is 1. The van der Waals surface area contributed by atoms with E-state index in [0.29, 0.717) is 0 Å². The Kier molecular flexibility index (Phi) is 4.65. The second-order valence-electron chi connectivity index (χ2n) is 5.00. The molecule has 2 N–H and O–H groups in total. The van der Waals surface area contributed by atoms with Crippen molar-refractivity contribution < 1.29 is 9.84 Å². The van der Waals surface area contributed by atoms with Gasteiger partial charge in [0.15, 0.2) is 0 Å². The average molecular weight is 314 g/mol. The van der Waals surface area contributed by atoms with E-state index in [1.165, 1.54) is 0 Å². The number of methoxy groups -OCH3 is 1. The zero-order valence-corrected chi connectivity index (χ0v) is 12.2. The molecule has 0 radical (unpaired) electrons. The number of halogens is 1. The fraction of sp³-hybridized carbons (Fsp3) is 0.571. The number of ether oxygens (including phenoxy) is 1. The minimum atomic E-state index is -0.261. The van der Waals surface area contributed by atoms with Crippen molar-refractivity contribution in [2.75, 3.05) is 19.0 Å². The lowest BCUT2D eigenvalue weighted by Crippen LogP contribution is -2.48. The van der Waals surface area contributed by atoms with Crippen LogP contribution in [0.4, 0.5) is 5.69 Å². The highest BCUT2D eigenvalue weighted by Crippen LogP contribution is 2.34. The van der Waals surface area contributed by atoms with Crippen LogP contribution in [0, 0.1) is 0 Å². The minimum absolute atomic E-state index is 0.133. The number of aliphatic hydroxyl groups is 1. The minimum Gasteiger partial charge on any atom is -0.394 e. The van der Waals surface area contributed by atoms with Gasteiger partial charge in [0.2, 0.25) is 0 Å². The maximum Gasteiger partial charge on any atom is 0.0662 e. The van der Waals surface area contributed by atoms with Crippen molar-refractivity contribution >= 4 is 21.6 Å². The highest BCUT2D eigenvalue weighted by atomic mass is 79.9. The van der Waals surface area contributed by atoms with E-state index in [4.69, 9.17) is 4.74 Å². The molecule has 18 heavy (non-hydrogen) atoms. The normalized spacial score (nSPS) is 28.1. The second kappa shape index (κ2) is 6.04. The SMILES string of the molecule is COC1CCCC(CO)(Nc2ccccc2Br)C1. The standard InChI is InChI=1S/C14H20BrNO2/c1-18-11-5-4-8-14(9-11,10-17)16-13-7-3-2-6-12(13)15/h2-3,6-7,11,16-17H,4-5,8-10H2,1H3. The largest absolute Gasteiger partial charge is 0.394 e. The fourth-order valence-corrected chi connectivity index (χ4v) is 3.04. The molecule has 1 aliphatic rings. The monoisotopic (exact) mass is 313 g/mol. The van der Waals surface area contributed by atoms with Crippen LogP contribution in [0.5, 0.6) is 0 Å². The summed E-state index contributed by atoms with van der Waals surface area (Å²) < 4.78 is 6.48. The van der Waals surface area contributed by atoms with Crippen molar-refractivity contribution in [1.29, 1.82) is 0 Å². The molecule has 3 nitrogen and oxygen atoms in total. The molecule has 1 aromatic rings. The number of benzene rings is 1. The molecule has 0 amide bonds. The average Bonchev–Trinajstić information content (AvgIpc) is 2.42. The van der Waals surface area contributed by atoms with Crippen LogP contribution in [0.2, 0.25) is 0 Å². The van der Waals surface area contributed by atoms with Crippen LogP contribution in [0.25, 0.3) is 0 Å². The maximum absolute atomic E-state index is 9.77. The first-order valence-corrected chi connectivity index (χ1v) is 7.15. The van der Waals surface area contributed by atoms with Crippen LogP contribution in [0.3, 0.4) is 0 Å². The van der Waals surface area contributed by atoms with Gasteiger partial charge in [0.25, 0.3) is 0 Å². The van der Waals surface area contributed by atoms with Gasteiger partial charge in [-0.25, -0.2) is 0 Å². The molecule has 1 aliphatic carbocycles. The first kappa shape index (κ1) is 13.8. The van der Waals surface area contributed by atoms with Crippen LogP contribution < -0.4 is 5.32 Å². The van der Waals surface area contributed by atoms with Gasteiger partial charge in [-0.2, -0.15) is 0 Å². The molecular formula is C14H20BrNO2. The molecule has 1 aromatic carbocycles. The van der Waals surface area contributed by atoms with E-state index < -0.39 is 0 Å². The summed E-state index contributed by atoms with van der Waals surface area (Å²) in [5, 5.41) is 13.3. The van der Waals surface area contributed by atoms with Crippen LogP contribution in [0.1, 0.15) is 25.7 Å². The van der Waals surface area contributed by atoms with Gasteiger partial charge in [-0.15, -0.1) is 0 Å². The molecule has 0 aliphatic heterocycles. The molecule has 2 unspecified atom stereocenters. The summed E-state index contributed by atoms with van der Waals surface area (Å²) >= 11 is 3.53. The van der Waals surface area contributed by atoms with E-state index in [-0.39, 0.29) is 18.2 Å². The van der Waals surface area contributed by atoms with Crippen LogP contribution in [-0.2, 0) is 4.74 Å². The number of nitrogens with one attached hydrogen (secondary N) is 1. The number of hydrogen-bond donors (Lipinski definition) is 2. The Morgan fingerprint density at radius 1 is 1.50 bits per heavy atom. The topological polar surface area (TPSA) is 41.5 Å². The van der Waals surface area contributed by atoms with E-state index in [1.807, 2.05) is 24.3 Å². The lowest BCUT2D eigenvalue weighted by molar-refractivity contribution is 0.0307. The van der Waals surface area contributed by atoms with Crippen molar-refractivity contribution in [3.05, 3.63) is 28.7 Å². The number of rotatable bonds is 4. The summed E-state index contributed by atoms with van der Waals surface area (Å²) in [4.78, 5) is 0. The highest BCUT2D eigenvalue weighted by molar-refractivity contribution is 9.10. The number of para-hydroxylation sites is 1. The summed E-state index contributed by atoms with van der Waals surface area (Å²) in [5.41, 5.74) is 0.770. The quantitative estimate of drug-likeness (QED) is 0.897. The van der Waals surface area contributed by atoms with Gasteiger partial charge in [0.1, 0.15) is 0 Å². The Labute approximate surface area is 117 Å². The summed E-state index contributed by atoms with van der Waals surface area (Å²) in [6.07, 6.45) is 4.22. The second-order valence-corrected chi connectivity index (χ2v) is 5.85. The molecule has 4 heteroatoms. The van der Waals surface area contributed by atoms with Crippen LogP contribution in [-0.4, -0.2) is 30.5 Å². The van der Waals surface area contributed by atoms with E-state index in [9.17, 15) is 5.11 Å². The predicted octanol–water partition coefficient (Wildman–Crippen LogP) is 3.18. The van der Waals surface area contributed by atoms with Crippen LogP contribution >= 0.6 is 15.9 Å². The molecule has 1 saturated carbocycles. The first-order chi connectivity index (χ1) is 8.69. The summed E-state index contributed by atoms with van der Waals surface area (Å²) in [6, 6.07) is 8.01. The van der Waals surface area contributed by atoms with Gasteiger partial charge in [-0.1, -0.05) is 12.1 Å².